The molecule has 27 heavy (non-hydrogen) atoms. The molecule has 138 valence electrons. The number of nitriles is 1. The fourth-order valence-corrected chi connectivity index (χ4v) is 2.71. The van der Waals surface area contributed by atoms with Crippen LogP contribution in [0.1, 0.15) is 5.69 Å². The molecule has 3 N–H and O–H groups in total. The first-order valence-electron chi connectivity index (χ1n) is 7.47. The van der Waals surface area contributed by atoms with E-state index in [2.05, 4.69) is 20.5 Å². The lowest BCUT2D eigenvalue weighted by Crippen LogP contribution is -2.20. The first kappa shape index (κ1) is 18.3. The molecule has 1 aromatic carbocycles. The molecular weight excluding hydrogens is 378 g/mol. The maximum atomic E-state index is 12.4. The van der Waals surface area contributed by atoms with Gasteiger partial charge >= 0.3 is 5.76 Å². The second-order valence-corrected chi connectivity index (χ2v) is 6.95. The van der Waals surface area contributed by atoms with Gasteiger partial charge in [-0.2, -0.15) is 19.1 Å². The minimum atomic E-state index is -4.71. The van der Waals surface area contributed by atoms with E-state index in [1.165, 1.54) is 12.1 Å². The number of sulfonamides is 1. The molecular formula is C16H12F2N6O2S. The Bertz CT molecular complexity index is 1090. The van der Waals surface area contributed by atoms with Crippen LogP contribution in [0.15, 0.2) is 48.5 Å². The van der Waals surface area contributed by atoms with Crippen molar-refractivity contribution in [3.8, 4) is 17.3 Å². The van der Waals surface area contributed by atoms with Crippen LogP contribution in [0, 0.1) is 11.3 Å². The Morgan fingerprint density at radius 3 is 2.52 bits per heavy atom. The van der Waals surface area contributed by atoms with Crippen molar-refractivity contribution in [1.82, 2.24) is 15.2 Å². The van der Waals surface area contributed by atoms with E-state index in [-0.39, 0.29) is 11.4 Å². The van der Waals surface area contributed by atoms with Crippen molar-refractivity contribution in [1.29, 1.82) is 5.26 Å². The minimum Gasteiger partial charge on any atom is -0.323 e. The summed E-state index contributed by atoms with van der Waals surface area (Å²) in [5.74, 6) is -2.61. The van der Waals surface area contributed by atoms with E-state index in [0.717, 1.165) is 0 Å². The summed E-state index contributed by atoms with van der Waals surface area (Å²) in [5.41, 5.74) is 1.55. The van der Waals surface area contributed by atoms with Gasteiger partial charge in [-0.25, -0.2) is 13.4 Å². The predicted molar refractivity (Wildman–Crippen MR) is 94.8 cm³/mol. The molecule has 0 unspecified atom stereocenters. The van der Waals surface area contributed by atoms with Gasteiger partial charge in [0.2, 0.25) is 0 Å². The number of nitrogens with one attached hydrogen (secondary N) is 3. The van der Waals surface area contributed by atoms with E-state index in [1.807, 2.05) is 6.07 Å². The molecule has 0 amide bonds. The van der Waals surface area contributed by atoms with Crippen molar-refractivity contribution in [2.75, 3.05) is 10.0 Å². The highest BCUT2D eigenvalue weighted by Crippen LogP contribution is 2.24. The number of aromatic amines is 1. The second-order valence-electron chi connectivity index (χ2n) is 5.30. The number of pyridine rings is 1. The number of benzene rings is 1. The fraction of sp³-hybridized carbons (Fsp3) is 0.0625. The lowest BCUT2D eigenvalue weighted by Gasteiger charge is -2.07. The van der Waals surface area contributed by atoms with Crippen LogP contribution in [0.5, 0.6) is 0 Å². The Morgan fingerprint density at radius 2 is 1.85 bits per heavy atom. The van der Waals surface area contributed by atoms with Crippen molar-refractivity contribution in [3.05, 3.63) is 54.2 Å². The van der Waals surface area contributed by atoms with Gasteiger partial charge in [0.15, 0.2) is 5.82 Å². The third-order valence-corrected chi connectivity index (χ3v) is 4.38. The molecule has 3 rings (SSSR count). The zero-order valence-electron chi connectivity index (χ0n) is 13.5. The molecule has 2 aromatic heterocycles. The zero-order valence-corrected chi connectivity index (χ0v) is 14.3. The van der Waals surface area contributed by atoms with Crippen molar-refractivity contribution >= 4 is 27.3 Å². The third-order valence-electron chi connectivity index (χ3n) is 3.39. The smallest absolute Gasteiger partial charge is 0.323 e. The molecule has 2 heterocycles. The van der Waals surface area contributed by atoms with Crippen molar-refractivity contribution in [2.24, 2.45) is 0 Å². The van der Waals surface area contributed by atoms with Crippen molar-refractivity contribution in [2.45, 2.75) is 5.76 Å². The van der Waals surface area contributed by atoms with Crippen LogP contribution < -0.4 is 10.0 Å². The topological polar surface area (TPSA) is 124 Å². The summed E-state index contributed by atoms with van der Waals surface area (Å²) in [5, 5.41) is 18.7. The molecule has 0 radical (unpaired) electrons. The summed E-state index contributed by atoms with van der Waals surface area (Å²) < 4.78 is 48.9. The Hall–Kier alpha value is -3.52. The summed E-state index contributed by atoms with van der Waals surface area (Å²) >= 11 is 0. The number of aromatic nitrogens is 3. The zero-order chi connectivity index (χ0) is 19.4. The van der Waals surface area contributed by atoms with Gasteiger partial charge in [-0.3, -0.25) is 9.82 Å². The van der Waals surface area contributed by atoms with Gasteiger partial charge in [-0.1, -0.05) is 18.2 Å². The number of rotatable bonds is 6. The average molecular weight is 390 g/mol. The maximum absolute atomic E-state index is 12.4. The second kappa shape index (κ2) is 7.38. The van der Waals surface area contributed by atoms with Crippen LogP contribution in [-0.2, 0) is 10.0 Å². The first-order valence-corrected chi connectivity index (χ1v) is 9.02. The summed E-state index contributed by atoms with van der Waals surface area (Å²) in [6, 6.07) is 14.4. The fourth-order valence-electron chi connectivity index (χ4n) is 2.16. The SMILES string of the molecule is N#Cc1cccc(Nc2cc(-c3ccc(NS(=O)(=O)C(F)F)cc3)[nH]n2)n1. The van der Waals surface area contributed by atoms with Gasteiger partial charge < -0.3 is 5.32 Å². The summed E-state index contributed by atoms with van der Waals surface area (Å²) in [7, 11) is -4.71. The molecule has 0 saturated carbocycles. The van der Waals surface area contributed by atoms with Crippen LogP contribution in [0.25, 0.3) is 11.3 Å². The third kappa shape index (κ3) is 4.36. The van der Waals surface area contributed by atoms with Gasteiger partial charge in [0.25, 0.3) is 10.0 Å². The van der Waals surface area contributed by atoms with E-state index < -0.39 is 15.8 Å². The molecule has 0 spiro atoms. The molecule has 0 aliphatic carbocycles. The van der Waals surface area contributed by atoms with Crippen LogP contribution >= 0.6 is 0 Å². The quantitative estimate of drug-likeness (QED) is 0.594. The summed E-state index contributed by atoms with van der Waals surface area (Å²) in [6.07, 6.45) is 0. The summed E-state index contributed by atoms with van der Waals surface area (Å²) in [6.45, 7) is 0. The van der Waals surface area contributed by atoms with Gasteiger partial charge in [0, 0.05) is 11.8 Å². The largest absolute Gasteiger partial charge is 0.355 e. The molecule has 8 nitrogen and oxygen atoms in total. The molecule has 0 aliphatic heterocycles. The normalized spacial score (nSPS) is 11.2. The number of hydrogen-bond acceptors (Lipinski definition) is 6. The molecule has 0 saturated heterocycles. The van der Waals surface area contributed by atoms with E-state index in [0.29, 0.717) is 22.9 Å². The highest BCUT2D eigenvalue weighted by Gasteiger charge is 2.23. The Balaban J connectivity index is 1.73. The molecule has 0 atom stereocenters. The standard InChI is InChI=1S/C16H12F2N6O2S/c17-16(18)27(25,26)24-11-6-4-10(5-7-11)13-8-15(23-22-13)21-14-3-1-2-12(9-19)20-14/h1-8,16,24H,(H2,20,21,22,23). The Kier molecular flexibility index (Phi) is 5.00. The Labute approximate surface area is 152 Å². The number of halogens is 2. The first-order chi connectivity index (χ1) is 12.9. The molecule has 0 aliphatic rings. The number of anilines is 3. The highest BCUT2D eigenvalue weighted by molar-refractivity contribution is 7.93. The Morgan fingerprint density at radius 1 is 1.11 bits per heavy atom. The lowest BCUT2D eigenvalue weighted by molar-refractivity contribution is 0.236. The number of alkyl halides is 2. The number of hydrogen-bond donors (Lipinski definition) is 3. The van der Waals surface area contributed by atoms with Gasteiger partial charge in [0.05, 0.1) is 5.69 Å². The van der Waals surface area contributed by atoms with Crippen molar-refractivity contribution in [3.63, 3.8) is 0 Å². The van der Waals surface area contributed by atoms with E-state index >= 15 is 0 Å². The summed E-state index contributed by atoms with van der Waals surface area (Å²) in [4.78, 5) is 4.08. The van der Waals surface area contributed by atoms with E-state index in [4.69, 9.17) is 5.26 Å². The van der Waals surface area contributed by atoms with Crippen LogP contribution in [0.2, 0.25) is 0 Å². The predicted octanol–water partition coefficient (Wildman–Crippen LogP) is 3.05. The van der Waals surface area contributed by atoms with Gasteiger partial charge in [0.1, 0.15) is 17.6 Å². The monoisotopic (exact) mass is 390 g/mol. The van der Waals surface area contributed by atoms with Crippen LogP contribution in [0.3, 0.4) is 0 Å². The van der Waals surface area contributed by atoms with Gasteiger partial charge in [-0.05, 0) is 29.8 Å². The van der Waals surface area contributed by atoms with Crippen molar-refractivity contribution < 1.29 is 17.2 Å². The minimum absolute atomic E-state index is 0.0226. The average Bonchev–Trinajstić information content (AvgIpc) is 3.10. The van der Waals surface area contributed by atoms with E-state index in [1.54, 1.807) is 41.1 Å². The van der Waals surface area contributed by atoms with Crippen LogP contribution in [0.4, 0.5) is 26.1 Å². The molecule has 0 fully saturated rings. The van der Waals surface area contributed by atoms with E-state index in [9.17, 15) is 17.2 Å². The highest BCUT2D eigenvalue weighted by atomic mass is 32.2. The number of nitrogens with zero attached hydrogens (tertiary/aromatic N) is 3. The number of H-pyrrole nitrogens is 1. The molecule has 0 bridgehead atoms. The van der Waals surface area contributed by atoms with Crippen LogP contribution in [-0.4, -0.2) is 29.4 Å². The molecule has 3 aromatic rings. The lowest BCUT2D eigenvalue weighted by atomic mass is 10.1. The molecule has 11 heteroatoms. The van der Waals surface area contributed by atoms with Gasteiger partial charge in [-0.15, -0.1) is 0 Å². The maximum Gasteiger partial charge on any atom is 0.355 e.